The number of ether oxygens (including phenoxy) is 3. The highest BCUT2D eigenvalue weighted by Gasteiger charge is 2.23. The molecule has 1 N–H and O–H groups in total. The number of amides is 2. The van der Waals surface area contributed by atoms with Gasteiger partial charge in [0.25, 0.3) is 5.91 Å². The maximum Gasteiger partial charge on any atom is 0.252 e. The molecule has 0 radical (unpaired) electrons. The first-order chi connectivity index (χ1) is 16.4. The van der Waals surface area contributed by atoms with Gasteiger partial charge in [-0.3, -0.25) is 9.59 Å². The van der Waals surface area contributed by atoms with Gasteiger partial charge in [0, 0.05) is 18.7 Å². The van der Waals surface area contributed by atoms with Gasteiger partial charge in [0.1, 0.15) is 12.4 Å². The van der Waals surface area contributed by atoms with Crippen molar-refractivity contribution in [2.75, 3.05) is 34.4 Å². The maximum absolute atomic E-state index is 13.1. The van der Waals surface area contributed by atoms with Crippen molar-refractivity contribution in [2.45, 2.75) is 33.4 Å². The van der Waals surface area contributed by atoms with Gasteiger partial charge in [-0.1, -0.05) is 12.1 Å². The molecule has 1 heterocycles. The van der Waals surface area contributed by atoms with Gasteiger partial charge in [-0.05, 0) is 45.0 Å². The second-order valence-electron chi connectivity index (χ2n) is 7.72. The van der Waals surface area contributed by atoms with Gasteiger partial charge >= 0.3 is 0 Å². The van der Waals surface area contributed by atoms with Crippen molar-refractivity contribution in [1.29, 1.82) is 0 Å². The average molecular weight is 469 g/mol. The van der Waals surface area contributed by atoms with Crippen molar-refractivity contribution in [3.05, 3.63) is 47.8 Å². The first-order valence-electron chi connectivity index (χ1n) is 11.2. The number of methoxy groups -OCH3 is 3. The molecule has 182 valence electrons. The van der Waals surface area contributed by atoms with Crippen LogP contribution in [0.4, 0.5) is 0 Å². The largest absolute Gasteiger partial charge is 0.493 e. The SMILES string of the molecule is CCN(CC)C(=O)Cn1c(C(C)NC(=O)c2cc(OC)c(OC)c(OC)c2)nc2ccccc21. The molecule has 9 heteroatoms. The van der Waals surface area contributed by atoms with Crippen molar-refractivity contribution in [3.8, 4) is 17.2 Å². The molecule has 0 aliphatic heterocycles. The lowest BCUT2D eigenvalue weighted by molar-refractivity contribution is -0.131. The van der Waals surface area contributed by atoms with Gasteiger partial charge in [-0.25, -0.2) is 4.98 Å². The first kappa shape index (κ1) is 24.9. The molecule has 0 aliphatic rings. The Morgan fingerprint density at radius 1 is 1.03 bits per heavy atom. The molecule has 0 aliphatic carbocycles. The summed E-state index contributed by atoms with van der Waals surface area (Å²) in [5, 5.41) is 2.99. The minimum atomic E-state index is -0.469. The third-order valence-electron chi connectivity index (χ3n) is 5.76. The molecule has 3 rings (SSSR count). The number of imidazole rings is 1. The zero-order valence-corrected chi connectivity index (χ0v) is 20.5. The normalized spacial score (nSPS) is 11.7. The number of benzene rings is 2. The molecule has 2 amide bonds. The number of hydrogen-bond acceptors (Lipinski definition) is 6. The van der Waals surface area contributed by atoms with Crippen LogP contribution in [-0.4, -0.2) is 60.7 Å². The van der Waals surface area contributed by atoms with E-state index >= 15 is 0 Å². The molecule has 0 saturated heterocycles. The van der Waals surface area contributed by atoms with Crippen LogP contribution in [0.25, 0.3) is 11.0 Å². The molecule has 34 heavy (non-hydrogen) atoms. The molecular formula is C25H32N4O5. The number of fused-ring (bicyclic) bond motifs is 1. The van der Waals surface area contributed by atoms with E-state index in [0.717, 1.165) is 11.0 Å². The predicted octanol–water partition coefficient (Wildman–Crippen LogP) is 3.42. The number of rotatable bonds is 10. The van der Waals surface area contributed by atoms with E-state index in [4.69, 9.17) is 19.2 Å². The molecule has 3 aromatic rings. The lowest BCUT2D eigenvalue weighted by Gasteiger charge is -2.21. The smallest absolute Gasteiger partial charge is 0.252 e. The van der Waals surface area contributed by atoms with E-state index in [1.165, 1.54) is 21.3 Å². The molecule has 0 saturated carbocycles. The van der Waals surface area contributed by atoms with Gasteiger partial charge in [0.15, 0.2) is 11.5 Å². The number of carbonyl (C=O) groups excluding carboxylic acids is 2. The predicted molar refractivity (Wildman–Crippen MR) is 130 cm³/mol. The van der Waals surface area contributed by atoms with E-state index in [9.17, 15) is 9.59 Å². The number of hydrogen-bond donors (Lipinski definition) is 1. The molecule has 0 spiro atoms. The summed E-state index contributed by atoms with van der Waals surface area (Å²) in [5.74, 6) is 1.44. The van der Waals surface area contributed by atoms with E-state index in [1.54, 1.807) is 17.0 Å². The van der Waals surface area contributed by atoms with Crippen LogP contribution < -0.4 is 19.5 Å². The summed E-state index contributed by atoms with van der Waals surface area (Å²) in [5.41, 5.74) is 1.95. The van der Waals surface area contributed by atoms with Crippen LogP contribution in [-0.2, 0) is 11.3 Å². The molecule has 0 bridgehead atoms. The second-order valence-corrected chi connectivity index (χ2v) is 7.72. The fourth-order valence-electron chi connectivity index (χ4n) is 3.96. The van der Waals surface area contributed by atoms with Gasteiger partial charge in [-0.15, -0.1) is 0 Å². The topological polar surface area (TPSA) is 94.9 Å². The molecular weight excluding hydrogens is 436 g/mol. The van der Waals surface area contributed by atoms with Crippen LogP contribution in [0.2, 0.25) is 0 Å². The number of aromatic nitrogens is 2. The van der Waals surface area contributed by atoms with Gasteiger partial charge in [0.2, 0.25) is 11.7 Å². The molecule has 0 fully saturated rings. The Hall–Kier alpha value is -3.75. The summed E-state index contributed by atoms with van der Waals surface area (Å²) in [7, 11) is 4.50. The van der Waals surface area contributed by atoms with Crippen LogP contribution in [0.3, 0.4) is 0 Å². The number of nitrogens with zero attached hydrogens (tertiary/aromatic N) is 3. The first-order valence-corrected chi connectivity index (χ1v) is 11.2. The molecule has 1 aromatic heterocycles. The number of likely N-dealkylation sites (N-methyl/N-ethyl adjacent to an activating group) is 1. The molecule has 1 unspecified atom stereocenters. The molecule has 1 atom stereocenters. The van der Waals surface area contributed by atoms with E-state index < -0.39 is 6.04 Å². The van der Waals surface area contributed by atoms with Crippen molar-refractivity contribution < 1.29 is 23.8 Å². The fourth-order valence-corrected chi connectivity index (χ4v) is 3.96. The van der Waals surface area contributed by atoms with E-state index in [-0.39, 0.29) is 18.4 Å². The summed E-state index contributed by atoms with van der Waals surface area (Å²) < 4.78 is 17.9. The number of para-hydroxylation sites is 2. The quantitative estimate of drug-likeness (QED) is 0.490. The van der Waals surface area contributed by atoms with Crippen molar-refractivity contribution in [3.63, 3.8) is 0 Å². The lowest BCUT2D eigenvalue weighted by Crippen LogP contribution is -2.35. The highest BCUT2D eigenvalue weighted by molar-refractivity contribution is 5.96. The van der Waals surface area contributed by atoms with E-state index in [2.05, 4.69) is 5.32 Å². The Morgan fingerprint density at radius 2 is 1.65 bits per heavy atom. The number of nitrogens with one attached hydrogen (secondary N) is 1. The van der Waals surface area contributed by atoms with Crippen molar-refractivity contribution in [2.24, 2.45) is 0 Å². The lowest BCUT2D eigenvalue weighted by atomic mass is 10.1. The summed E-state index contributed by atoms with van der Waals surface area (Å²) in [6, 6.07) is 10.3. The van der Waals surface area contributed by atoms with E-state index in [1.807, 2.05) is 49.6 Å². The Morgan fingerprint density at radius 3 is 2.21 bits per heavy atom. The summed E-state index contributed by atoms with van der Waals surface area (Å²) in [4.78, 5) is 32.5. The Labute approximate surface area is 199 Å². The monoisotopic (exact) mass is 468 g/mol. The third kappa shape index (κ3) is 4.93. The zero-order chi connectivity index (χ0) is 24.8. The maximum atomic E-state index is 13.1. The van der Waals surface area contributed by atoms with Gasteiger partial charge < -0.3 is 29.0 Å². The average Bonchev–Trinajstić information content (AvgIpc) is 3.22. The summed E-state index contributed by atoms with van der Waals surface area (Å²) >= 11 is 0. The zero-order valence-electron chi connectivity index (χ0n) is 20.5. The second kappa shape index (κ2) is 10.9. The minimum Gasteiger partial charge on any atom is -0.493 e. The highest BCUT2D eigenvalue weighted by atomic mass is 16.5. The van der Waals surface area contributed by atoms with Crippen LogP contribution in [0, 0.1) is 0 Å². The summed E-state index contributed by atoms with van der Waals surface area (Å²) in [6.07, 6.45) is 0. The third-order valence-corrected chi connectivity index (χ3v) is 5.76. The number of carbonyl (C=O) groups is 2. The van der Waals surface area contributed by atoms with E-state index in [0.29, 0.717) is 41.7 Å². The summed E-state index contributed by atoms with van der Waals surface area (Å²) in [6.45, 7) is 7.15. The van der Waals surface area contributed by atoms with Crippen LogP contribution in [0.15, 0.2) is 36.4 Å². The molecule has 9 nitrogen and oxygen atoms in total. The standard InChI is InChI=1S/C25H32N4O5/c1-7-28(8-2)22(30)15-29-19-12-10-9-11-18(19)27-24(29)16(3)26-25(31)17-13-20(32-4)23(34-6)21(14-17)33-5/h9-14,16H,7-8,15H2,1-6H3,(H,26,31). The Balaban J connectivity index is 1.94. The minimum absolute atomic E-state index is 0.00226. The van der Waals surface area contributed by atoms with Gasteiger partial charge in [0.05, 0.1) is 38.4 Å². The van der Waals surface area contributed by atoms with Crippen LogP contribution in [0.5, 0.6) is 17.2 Å². The van der Waals surface area contributed by atoms with Crippen LogP contribution in [0.1, 0.15) is 43.0 Å². The molecule has 2 aromatic carbocycles. The van der Waals surface area contributed by atoms with Gasteiger partial charge in [-0.2, -0.15) is 0 Å². The Bertz CT molecular complexity index is 1140. The van der Waals surface area contributed by atoms with Crippen LogP contribution >= 0.6 is 0 Å². The Kier molecular flexibility index (Phi) is 7.99. The highest BCUT2D eigenvalue weighted by Crippen LogP contribution is 2.38. The fraction of sp³-hybridized carbons (Fsp3) is 0.400. The van der Waals surface area contributed by atoms with Crippen molar-refractivity contribution >= 4 is 22.8 Å². The van der Waals surface area contributed by atoms with Crippen molar-refractivity contribution in [1.82, 2.24) is 19.8 Å².